The van der Waals surface area contributed by atoms with Gasteiger partial charge >= 0.3 is 0 Å². The van der Waals surface area contributed by atoms with Crippen molar-refractivity contribution in [1.82, 2.24) is 9.55 Å². The monoisotopic (exact) mass is 655 g/mol. The highest BCUT2D eigenvalue weighted by Crippen LogP contribution is 2.44. The second-order valence-corrected chi connectivity index (χ2v) is 15.2. The van der Waals surface area contributed by atoms with Gasteiger partial charge in [-0.15, -0.1) is 0 Å². The summed E-state index contributed by atoms with van der Waals surface area (Å²) >= 11 is 0. The van der Waals surface area contributed by atoms with Gasteiger partial charge in [-0.05, 0) is 30.4 Å². The third-order valence-corrected chi connectivity index (χ3v) is 11.0. The summed E-state index contributed by atoms with van der Waals surface area (Å²) in [6.45, 7) is 8.23. The zero-order valence-electron chi connectivity index (χ0n) is 31.8. The van der Waals surface area contributed by atoms with Crippen molar-refractivity contribution in [3.8, 4) is 0 Å². The molecule has 1 heterocycles. The topological polar surface area (TPSA) is 17.8 Å². The van der Waals surface area contributed by atoms with Gasteiger partial charge in [-0.3, -0.25) is 0 Å². The van der Waals surface area contributed by atoms with Gasteiger partial charge in [-0.25, -0.2) is 4.98 Å². The van der Waals surface area contributed by atoms with E-state index >= 15 is 0 Å². The van der Waals surface area contributed by atoms with Crippen LogP contribution in [0.5, 0.6) is 0 Å². The lowest BCUT2D eigenvalue weighted by molar-refractivity contribution is 0.321. The molecule has 0 fully saturated rings. The first-order chi connectivity index (χ1) is 23.7. The Morgan fingerprint density at radius 2 is 0.979 bits per heavy atom. The second-order valence-electron chi connectivity index (χ2n) is 15.2. The molecule has 0 radical (unpaired) electrons. The molecular formula is C46H74N2. The molecule has 2 atom stereocenters. The fraction of sp³-hybridized carbons (Fsp3) is 0.674. The van der Waals surface area contributed by atoms with Crippen LogP contribution in [0.1, 0.15) is 198 Å². The lowest BCUT2D eigenvalue weighted by Crippen LogP contribution is -2.35. The molecule has 0 spiro atoms. The molecule has 2 aromatic carbocycles. The van der Waals surface area contributed by atoms with Gasteiger partial charge in [0.1, 0.15) is 5.82 Å². The molecule has 2 heteroatoms. The minimum atomic E-state index is -0.0259. The van der Waals surface area contributed by atoms with Crippen molar-refractivity contribution < 1.29 is 0 Å². The van der Waals surface area contributed by atoms with E-state index in [0.717, 1.165) is 13.0 Å². The second kappa shape index (κ2) is 25.6. The minimum Gasteiger partial charge on any atom is -0.335 e. The van der Waals surface area contributed by atoms with Crippen LogP contribution >= 0.6 is 0 Å². The van der Waals surface area contributed by atoms with Crippen LogP contribution in [0, 0.1) is 0 Å². The van der Waals surface area contributed by atoms with E-state index in [-0.39, 0.29) is 5.41 Å². The van der Waals surface area contributed by atoms with E-state index in [1.54, 1.807) is 0 Å². The smallest absolute Gasteiger partial charge is 0.112 e. The standard InChI is InChI=1S/C46H74N2/c1-4-6-8-10-12-14-15-16-17-18-19-20-22-24-32-39-48-40-38-47-45(48)44(37-31-23-21-13-11-9-7-5-2)46(3,43-35-29-26-30-36-43)41-42-33-27-25-28-34-42/h25-30,33-36,38,40,44H,4-24,31-32,37,39,41H2,1-3H3. The number of nitrogens with zero attached hydrogens (tertiary/aromatic N) is 2. The van der Waals surface area contributed by atoms with E-state index in [4.69, 9.17) is 4.98 Å². The van der Waals surface area contributed by atoms with E-state index in [1.807, 2.05) is 0 Å². The first-order valence-electron chi connectivity index (χ1n) is 20.8. The molecule has 0 aliphatic heterocycles. The average Bonchev–Trinajstić information content (AvgIpc) is 3.58. The summed E-state index contributed by atoms with van der Waals surface area (Å²) in [5.41, 5.74) is 2.84. The normalized spacial score (nSPS) is 13.5. The fourth-order valence-corrected chi connectivity index (χ4v) is 7.95. The van der Waals surface area contributed by atoms with Crippen LogP contribution in [-0.2, 0) is 18.4 Å². The highest BCUT2D eigenvalue weighted by Gasteiger charge is 2.39. The maximum Gasteiger partial charge on any atom is 0.112 e. The molecule has 0 saturated carbocycles. The Morgan fingerprint density at radius 1 is 0.542 bits per heavy atom. The van der Waals surface area contributed by atoms with Crippen molar-refractivity contribution in [2.24, 2.45) is 0 Å². The third-order valence-electron chi connectivity index (χ3n) is 11.0. The average molecular weight is 655 g/mol. The predicted octanol–water partition coefficient (Wildman–Crippen LogP) is 14.6. The Bertz CT molecular complexity index is 1140. The molecule has 0 N–H and O–H groups in total. The Kier molecular flexibility index (Phi) is 21.4. The Hall–Kier alpha value is -2.35. The van der Waals surface area contributed by atoms with Gasteiger partial charge in [0.2, 0.25) is 0 Å². The number of imidazole rings is 1. The van der Waals surface area contributed by atoms with Crippen molar-refractivity contribution in [3.05, 3.63) is 90.0 Å². The van der Waals surface area contributed by atoms with Crippen LogP contribution in [0.2, 0.25) is 0 Å². The Morgan fingerprint density at radius 3 is 1.48 bits per heavy atom. The first-order valence-corrected chi connectivity index (χ1v) is 20.8. The van der Waals surface area contributed by atoms with Crippen molar-refractivity contribution >= 4 is 0 Å². The van der Waals surface area contributed by atoms with E-state index in [2.05, 4.69) is 98.4 Å². The number of benzene rings is 2. The van der Waals surface area contributed by atoms with Crippen molar-refractivity contribution in [3.63, 3.8) is 0 Å². The van der Waals surface area contributed by atoms with Gasteiger partial charge in [0.25, 0.3) is 0 Å². The third kappa shape index (κ3) is 15.5. The molecule has 2 nitrogen and oxygen atoms in total. The largest absolute Gasteiger partial charge is 0.335 e. The number of aryl methyl sites for hydroxylation is 1. The number of unbranched alkanes of at least 4 members (excludes halogenated alkanes) is 21. The Labute approximate surface area is 297 Å². The maximum absolute atomic E-state index is 5.15. The molecule has 2 unspecified atom stereocenters. The van der Waals surface area contributed by atoms with Crippen LogP contribution in [0.3, 0.4) is 0 Å². The maximum atomic E-state index is 5.15. The van der Waals surface area contributed by atoms with Crippen LogP contribution < -0.4 is 0 Å². The summed E-state index contributed by atoms with van der Waals surface area (Å²) in [4.78, 5) is 5.15. The molecule has 0 saturated heterocycles. The van der Waals surface area contributed by atoms with Gasteiger partial charge < -0.3 is 4.57 Å². The summed E-state index contributed by atoms with van der Waals surface area (Å²) in [5.74, 6) is 1.69. The molecular weight excluding hydrogens is 581 g/mol. The lowest BCUT2D eigenvalue weighted by atomic mass is 9.66. The van der Waals surface area contributed by atoms with Crippen LogP contribution in [-0.4, -0.2) is 9.55 Å². The van der Waals surface area contributed by atoms with Gasteiger partial charge in [0.15, 0.2) is 0 Å². The number of hydrogen-bond donors (Lipinski definition) is 0. The minimum absolute atomic E-state index is 0.0259. The van der Waals surface area contributed by atoms with Crippen LogP contribution in [0.15, 0.2) is 73.1 Å². The number of rotatable bonds is 30. The zero-order valence-corrected chi connectivity index (χ0v) is 31.8. The quantitative estimate of drug-likeness (QED) is 0.0654. The molecule has 1 aromatic heterocycles. The number of aromatic nitrogens is 2. The van der Waals surface area contributed by atoms with Gasteiger partial charge in [-0.2, -0.15) is 0 Å². The van der Waals surface area contributed by atoms with Crippen LogP contribution in [0.25, 0.3) is 0 Å². The molecule has 48 heavy (non-hydrogen) atoms. The van der Waals surface area contributed by atoms with Crippen molar-refractivity contribution in [1.29, 1.82) is 0 Å². The van der Waals surface area contributed by atoms with Gasteiger partial charge in [0, 0.05) is 30.3 Å². The molecule has 3 rings (SSSR count). The molecule has 3 aromatic rings. The molecule has 0 aliphatic carbocycles. The lowest BCUT2D eigenvalue weighted by Gasteiger charge is -2.39. The van der Waals surface area contributed by atoms with Crippen molar-refractivity contribution in [2.45, 2.75) is 199 Å². The first kappa shape index (κ1) is 40.1. The fourth-order valence-electron chi connectivity index (χ4n) is 7.95. The van der Waals surface area contributed by atoms with Gasteiger partial charge in [0.05, 0.1) is 0 Å². The summed E-state index contributed by atoms with van der Waals surface area (Å²) in [7, 11) is 0. The van der Waals surface area contributed by atoms with E-state index < -0.39 is 0 Å². The van der Waals surface area contributed by atoms with E-state index in [0.29, 0.717) is 5.92 Å². The van der Waals surface area contributed by atoms with E-state index in [1.165, 1.54) is 171 Å². The summed E-state index contributed by atoms with van der Waals surface area (Å²) in [6, 6.07) is 22.5. The summed E-state index contributed by atoms with van der Waals surface area (Å²) in [5, 5.41) is 0. The number of hydrogen-bond acceptors (Lipinski definition) is 1. The molecule has 0 amide bonds. The Balaban J connectivity index is 1.54. The highest BCUT2D eigenvalue weighted by molar-refractivity contribution is 5.33. The predicted molar refractivity (Wildman–Crippen MR) is 211 cm³/mol. The molecule has 268 valence electrons. The SMILES string of the molecule is CCCCCCCCCCCCCCCCCn1ccnc1C(CCCCCCCCCC)C(C)(Cc1ccccc1)c1ccccc1. The van der Waals surface area contributed by atoms with Gasteiger partial charge in [-0.1, -0.05) is 223 Å². The highest BCUT2D eigenvalue weighted by atomic mass is 15.1. The summed E-state index contributed by atoms with van der Waals surface area (Å²) < 4.78 is 2.53. The van der Waals surface area contributed by atoms with Crippen LogP contribution in [0.4, 0.5) is 0 Å². The molecule has 0 bridgehead atoms. The van der Waals surface area contributed by atoms with Crippen molar-refractivity contribution in [2.75, 3.05) is 0 Å². The van der Waals surface area contributed by atoms with E-state index in [9.17, 15) is 0 Å². The summed E-state index contributed by atoms with van der Waals surface area (Å²) in [6.07, 6.45) is 38.6. The zero-order chi connectivity index (χ0) is 34.0. The molecule has 0 aliphatic rings.